The maximum absolute atomic E-state index is 13.7. The Morgan fingerprint density at radius 3 is 2.44 bits per heavy atom. The molecule has 2 unspecified atom stereocenters. The van der Waals surface area contributed by atoms with Crippen molar-refractivity contribution in [3.63, 3.8) is 0 Å². The number of nitrogens with zero attached hydrogens (tertiary/aromatic N) is 4. The number of ether oxygens (including phenoxy) is 2. The molecule has 2 N–H and O–H groups in total. The molecule has 13 heteroatoms. The maximum Gasteiger partial charge on any atom is 0.527 e. The van der Waals surface area contributed by atoms with E-state index in [1.54, 1.807) is 20.1 Å². The van der Waals surface area contributed by atoms with Gasteiger partial charge in [-0.15, -0.1) is 5.06 Å². The Kier molecular flexibility index (Phi) is 11.4. The average Bonchev–Trinajstić information content (AvgIpc) is 3.03. The van der Waals surface area contributed by atoms with Crippen molar-refractivity contribution in [1.82, 2.24) is 25.2 Å². The molecule has 1 aromatic heterocycles. The van der Waals surface area contributed by atoms with Crippen LogP contribution in [0.3, 0.4) is 0 Å². The number of piperazine rings is 1. The fourth-order valence-corrected chi connectivity index (χ4v) is 5.43. The lowest BCUT2D eigenvalue weighted by Crippen LogP contribution is -2.55. The summed E-state index contributed by atoms with van der Waals surface area (Å²) < 4.78 is 10.5. The van der Waals surface area contributed by atoms with Gasteiger partial charge in [0.15, 0.2) is 5.82 Å². The number of rotatable bonds is 11. The van der Waals surface area contributed by atoms with Crippen LogP contribution in [-0.4, -0.2) is 101 Å². The first-order valence-corrected chi connectivity index (χ1v) is 14.7. The molecule has 2 aromatic rings. The first-order chi connectivity index (χ1) is 20.8. The molecule has 2 amide bonds. The molecule has 13 nitrogen and oxygen atoms in total. The van der Waals surface area contributed by atoms with E-state index in [0.29, 0.717) is 11.5 Å². The van der Waals surface area contributed by atoms with Gasteiger partial charge in [-0.3, -0.25) is 14.4 Å². The number of hydrogen-bond donors (Lipinski definition) is 2. The van der Waals surface area contributed by atoms with Crippen LogP contribution in [0.25, 0.3) is 11.4 Å². The molecule has 0 bridgehead atoms. The summed E-state index contributed by atoms with van der Waals surface area (Å²) in [5.41, 5.74) is 1.52. The number of amides is 2. The molecule has 0 radical (unpaired) electrons. The van der Waals surface area contributed by atoms with E-state index in [1.165, 1.54) is 9.96 Å². The van der Waals surface area contributed by atoms with Gasteiger partial charge in [-0.05, 0) is 32.3 Å². The molecule has 2 fully saturated rings. The average molecular weight is 598 g/mol. The Balaban J connectivity index is 1.54. The van der Waals surface area contributed by atoms with Gasteiger partial charge in [-0.25, -0.2) is 14.8 Å². The lowest BCUT2D eigenvalue weighted by atomic mass is 9.83. The summed E-state index contributed by atoms with van der Waals surface area (Å²) in [4.78, 5) is 66.2. The van der Waals surface area contributed by atoms with Crippen LogP contribution in [0.15, 0.2) is 36.4 Å². The van der Waals surface area contributed by atoms with Crippen molar-refractivity contribution in [3.05, 3.63) is 47.8 Å². The zero-order chi connectivity index (χ0) is 30.8. The molecule has 1 saturated heterocycles. The second kappa shape index (κ2) is 15.4. The number of hydrogen-bond acceptors (Lipinski definition) is 10. The minimum atomic E-state index is -1.10. The van der Waals surface area contributed by atoms with Gasteiger partial charge < -0.3 is 29.6 Å². The van der Waals surface area contributed by atoms with Gasteiger partial charge in [0, 0.05) is 38.1 Å². The molecule has 1 aromatic carbocycles. The minimum absolute atomic E-state index is 0.0201. The fourth-order valence-electron chi connectivity index (χ4n) is 5.43. The number of aromatic nitrogens is 2. The summed E-state index contributed by atoms with van der Waals surface area (Å²) in [6.45, 7) is 2.75. The highest BCUT2D eigenvalue weighted by molar-refractivity contribution is 5.96. The first kappa shape index (κ1) is 31.8. The van der Waals surface area contributed by atoms with Crippen LogP contribution in [-0.2, 0) is 23.9 Å². The van der Waals surface area contributed by atoms with Gasteiger partial charge in [0.2, 0.25) is 5.91 Å². The predicted octanol–water partition coefficient (Wildman–Crippen LogP) is 3.01. The van der Waals surface area contributed by atoms with Crippen molar-refractivity contribution >= 4 is 23.9 Å². The highest BCUT2D eigenvalue weighted by Gasteiger charge is 2.32. The molecular formula is C30H39N5O8. The van der Waals surface area contributed by atoms with Crippen LogP contribution in [0.5, 0.6) is 0 Å². The molecule has 4 rings (SSSR count). The smallest absolute Gasteiger partial charge is 0.481 e. The van der Waals surface area contributed by atoms with Crippen LogP contribution < -0.4 is 5.32 Å². The number of carboxylic acid groups (broad SMARTS) is 1. The van der Waals surface area contributed by atoms with Crippen LogP contribution in [0.1, 0.15) is 67.5 Å². The van der Waals surface area contributed by atoms with E-state index in [1.807, 2.05) is 30.3 Å². The Morgan fingerprint density at radius 2 is 1.77 bits per heavy atom. The molecule has 2 heterocycles. The quantitative estimate of drug-likeness (QED) is 0.367. The second-order valence-electron chi connectivity index (χ2n) is 10.5. The number of methoxy groups -OCH3 is 1. The summed E-state index contributed by atoms with van der Waals surface area (Å²) >= 11 is 0. The van der Waals surface area contributed by atoms with E-state index in [2.05, 4.69) is 10.3 Å². The molecule has 1 aliphatic heterocycles. The zero-order valence-corrected chi connectivity index (χ0v) is 24.6. The van der Waals surface area contributed by atoms with Gasteiger partial charge in [-0.1, -0.05) is 43.2 Å². The number of carbonyl (C=O) groups excluding carboxylic acids is 3. The highest BCUT2D eigenvalue weighted by Crippen LogP contribution is 2.35. The molecule has 0 spiro atoms. The summed E-state index contributed by atoms with van der Waals surface area (Å²) in [5, 5.41) is 13.5. The third-order valence-electron chi connectivity index (χ3n) is 7.66. The topological polar surface area (TPSA) is 160 Å². The van der Waals surface area contributed by atoms with Crippen molar-refractivity contribution in [2.24, 2.45) is 0 Å². The third-order valence-corrected chi connectivity index (χ3v) is 7.66. The third kappa shape index (κ3) is 8.71. The monoisotopic (exact) mass is 597 g/mol. The highest BCUT2D eigenvalue weighted by atomic mass is 16.8. The molecule has 2 aliphatic rings. The van der Waals surface area contributed by atoms with E-state index < -0.39 is 30.0 Å². The predicted molar refractivity (Wildman–Crippen MR) is 154 cm³/mol. The van der Waals surface area contributed by atoms with Crippen LogP contribution in [0, 0.1) is 0 Å². The van der Waals surface area contributed by atoms with Gasteiger partial charge in [0.25, 0.3) is 5.91 Å². The van der Waals surface area contributed by atoms with Crippen LogP contribution >= 0.6 is 0 Å². The first-order valence-electron chi connectivity index (χ1n) is 14.7. The summed E-state index contributed by atoms with van der Waals surface area (Å²) in [5.74, 6) is -1.74. The van der Waals surface area contributed by atoms with Crippen molar-refractivity contribution in [2.45, 2.75) is 63.5 Å². The van der Waals surface area contributed by atoms with Crippen molar-refractivity contribution in [2.75, 3.05) is 39.9 Å². The van der Waals surface area contributed by atoms with Gasteiger partial charge >= 0.3 is 12.1 Å². The lowest BCUT2D eigenvalue weighted by molar-refractivity contribution is -0.157. The number of hydroxylamine groups is 2. The summed E-state index contributed by atoms with van der Waals surface area (Å²) in [6.07, 6.45) is 2.53. The fraction of sp³-hybridized carbons (Fsp3) is 0.533. The summed E-state index contributed by atoms with van der Waals surface area (Å²) in [7, 11) is 1.68. The van der Waals surface area contributed by atoms with Gasteiger partial charge in [0.05, 0.1) is 31.5 Å². The van der Waals surface area contributed by atoms with Crippen molar-refractivity contribution in [1.29, 1.82) is 0 Å². The van der Waals surface area contributed by atoms with Crippen LogP contribution in [0.4, 0.5) is 4.79 Å². The second-order valence-corrected chi connectivity index (χ2v) is 10.5. The SMILES string of the molecule is CCOC(=O)ON1CCN(C(=O)C(CCC(=O)O)NC(=O)c2cc(C3CCCC[C@@H]3OC)nc(-c3ccccc3)n2)CC1. The zero-order valence-electron chi connectivity index (χ0n) is 24.6. The van der Waals surface area contributed by atoms with Gasteiger partial charge in [-0.2, -0.15) is 0 Å². The minimum Gasteiger partial charge on any atom is -0.481 e. The van der Waals surface area contributed by atoms with E-state index in [-0.39, 0.29) is 63.3 Å². The Morgan fingerprint density at radius 1 is 1.05 bits per heavy atom. The number of carboxylic acids is 1. The number of carbonyl (C=O) groups is 4. The normalized spacial score (nSPS) is 19.7. The molecule has 3 atom stereocenters. The molecule has 232 valence electrons. The van der Waals surface area contributed by atoms with E-state index in [0.717, 1.165) is 31.2 Å². The van der Waals surface area contributed by atoms with Crippen molar-refractivity contribution < 1.29 is 38.6 Å². The van der Waals surface area contributed by atoms with E-state index in [4.69, 9.17) is 19.3 Å². The number of benzene rings is 1. The van der Waals surface area contributed by atoms with Crippen molar-refractivity contribution in [3.8, 4) is 11.4 Å². The Hall–Kier alpha value is -4.10. The number of nitrogens with one attached hydrogen (secondary N) is 1. The maximum atomic E-state index is 13.7. The van der Waals surface area contributed by atoms with E-state index in [9.17, 15) is 24.3 Å². The van der Waals surface area contributed by atoms with E-state index >= 15 is 0 Å². The molecule has 43 heavy (non-hydrogen) atoms. The molecule has 1 aliphatic carbocycles. The molecule has 1 saturated carbocycles. The van der Waals surface area contributed by atoms with Crippen LogP contribution in [0.2, 0.25) is 0 Å². The largest absolute Gasteiger partial charge is 0.527 e. The Labute approximate surface area is 250 Å². The lowest BCUT2D eigenvalue weighted by Gasteiger charge is -2.35. The summed E-state index contributed by atoms with van der Waals surface area (Å²) in [6, 6.07) is 9.88. The number of aliphatic carboxylic acids is 1. The molecular weight excluding hydrogens is 558 g/mol. The Bertz CT molecular complexity index is 1270. The van der Waals surface area contributed by atoms with Gasteiger partial charge in [0.1, 0.15) is 11.7 Å². The standard InChI is InChI=1S/C30H39N5O8/c1-3-42-30(40)43-35-17-15-34(16-18-35)29(39)22(13-14-26(36)37)33-28(38)24-19-23(21-11-7-8-12-25(21)41-2)31-27(32-24)20-9-5-4-6-10-20/h4-6,9-10,19,21-22,25H,3,7-8,11-18H2,1-2H3,(H,33,38)(H,36,37)/t21?,22?,25-/m0/s1.